The molecule has 0 aliphatic carbocycles. The van der Waals surface area contributed by atoms with Crippen molar-refractivity contribution in [3.63, 3.8) is 0 Å². The molecule has 1 aromatic heterocycles. The lowest BCUT2D eigenvalue weighted by Crippen LogP contribution is -2.25. The monoisotopic (exact) mass is 274 g/mol. The predicted molar refractivity (Wildman–Crippen MR) is 80.8 cm³/mol. The van der Waals surface area contributed by atoms with Gasteiger partial charge in [0.05, 0.1) is 23.4 Å². The molecule has 108 valence electrons. The van der Waals surface area contributed by atoms with Crippen LogP contribution in [0.25, 0.3) is 10.9 Å². The molecule has 0 amide bonds. The molecule has 0 bridgehead atoms. The molecule has 0 aliphatic heterocycles. The highest BCUT2D eigenvalue weighted by atomic mass is 16.5. The van der Waals surface area contributed by atoms with Crippen LogP contribution in [-0.4, -0.2) is 24.3 Å². The normalized spacial score (nSPS) is 11.8. The largest absolute Gasteiger partial charge is 0.493 e. The highest BCUT2D eigenvalue weighted by molar-refractivity contribution is 5.85. The van der Waals surface area contributed by atoms with Crippen LogP contribution < -0.4 is 10.5 Å². The maximum absolute atomic E-state index is 5.92. The van der Waals surface area contributed by atoms with E-state index in [1.807, 2.05) is 44.2 Å². The van der Waals surface area contributed by atoms with E-state index in [1.54, 1.807) is 7.11 Å². The van der Waals surface area contributed by atoms with Gasteiger partial charge in [-0.05, 0) is 26.0 Å². The van der Waals surface area contributed by atoms with Crippen LogP contribution in [0.4, 0.5) is 0 Å². The van der Waals surface area contributed by atoms with Crippen molar-refractivity contribution in [3.8, 4) is 5.75 Å². The molecule has 0 saturated carbocycles. The van der Waals surface area contributed by atoms with Gasteiger partial charge in [0.1, 0.15) is 5.75 Å². The summed E-state index contributed by atoms with van der Waals surface area (Å²) in [6.45, 7) is 5.10. The number of benzene rings is 1. The van der Waals surface area contributed by atoms with Crippen molar-refractivity contribution in [2.75, 3.05) is 13.7 Å². The van der Waals surface area contributed by atoms with Crippen molar-refractivity contribution >= 4 is 10.9 Å². The van der Waals surface area contributed by atoms with E-state index in [9.17, 15) is 0 Å². The quantitative estimate of drug-likeness (QED) is 0.880. The van der Waals surface area contributed by atoms with Gasteiger partial charge in [0.25, 0.3) is 0 Å². The summed E-state index contributed by atoms with van der Waals surface area (Å²) in [6, 6.07) is 9.85. The first-order chi connectivity index (χ1) is 9.55. The molecular formula is C16H22N2O2. The van der Waals surface area contributed by atoms with Crippen molar-refractivity contribution in [1.29, 1.82) is 0 Å². The number of nitrogens with two attached hydrogens (primary N) is 1. The lowest BCUT2D eigenvalue weighted by molar-refractivity contribution is 0.00557. The Hall–Kier alpha value is -1.65. The summed E-state index contributed by atoms with van der Waals surface area (Å²) in [7, 11) is 1.72. The van der Waals surface area contributed by atoms with Crippen LogP contribution in [0.2, 0.25) is 0 Å². The number of hydrogen-bond acceptors (Lipinski definition) is 4. The van der Waals surface area contributed by atoms with Crippen LogP contribution in [0.5, 0.6) is 5.75 Å². The highest BCUT2D eigenvalue weighted by Gasteiger charge is 2.16. The summed E-state index contributed by atoms with van der Waals surface area (Å²) in [5.41, 5.74) is 7.26. The molecule has 0 radical (unpaired) electrons. The highest BCUT2D eigenvalue weighted by Crippen LogP contribution is 2.26. The van der Waals surface area contributed by atoms with Crippen molar-refractivity contribution < 1.29 is 9.47 Å². The zero-order valence-electron chi connectivity index (χ0n) is 12.3. The molecule has 2 aromatic rings. The number of pyridine rings is 1. The summed E-state index contributed by atoms with van der Waals surface area (Å²) in [5, 5.41) is 1.01. The van der Waals surface area contributed by atoms with Crippen LogP contribution >= 0.6 is 0 Å². The van der Waals surface area contributed by atoms with Gasteiger partial charge in [0, 0.05) is 31.5 Å². The zero-order valence-corrected chi connectivity index (χ0v) is 12.3. The second-order valence-electron chi connectivity index (χ2n) is 5.40. The van der Waals surface area contributed by atoms with Crippen LogP contribution in [0.1, 0.15) is 26.0 Å². The maximum Gasteiger partial charge on any atom is 0.130 e. The second kappa shape index (κ2) is 6.20. The molecule has 1 aromatic carbocycles. The van der Waals surface area contributed by atoms with Gasteiger partial charge < -0.3 is 15.2 Å². The third kappa shape index (κ3) is 3.46. The molecule has 1 heterocycles. The van der Waals surface area contributed by atoms with E-state index in [0.717, 1.165) is 28.8 Å². The maximum atomic E-state index is 5.92. The Morgan fingerprint density at radius 1 is 1.25 bits per heavy atom. The first-order valence-corrected chi connectivity index (χ1v) is 6.82. The van der Waals surface area contributed by atoms with Gasteiger partial charge in [0.2, 0.25) is 0 Å². The van der Waals surface area contributed by atoms with E-state index in [-0.39, 0.29) is 5.60 Å². The minimum absolute atomic E-state index is 0.181. The third-order valence-electron chi connectivity index (χ3n) is 3.45. The van der Waals surface area contributed by atoms with Gasteiger partial charge in [-0.3, -0.25) is 4.98 Å². The van der Waals surface area contributed by atoms with Gasteiger partial charge >= 0.3 is 0 Å². The third-order valence-corrected chi connectivity index (χ3v) is 3.45. The molecule has 20 heavy (non-hydrogen) atoms. The second-order valence-corrected chi connectivity index (χ2v) is 5.40. The Labute approximate surface area is 119 Å². The van der Waals surface area contributed by atoms with Crippen LogP contribution in [0.3, 0.4) is 0 Å². The first kappa shape index (κ1) is 14.8. The van der Waals surface area contributed by atoms with Gasteiger partial charge in [0.15, 0.2) is 0 Å². The molecule has 0 atom stereocenters. The summed E-state index contributed by atoms with van der Waals surface area (Å²) in [6.07, 6.45) is 0.818. The predicted octanol–water partition coefficient (Wildman–Crippen LogP) is 2.89. The Morgan fingerprint density at radius 2 is 2.00 bits per heavy atom. The summed E-state index contributed by atoms with van der Waals surface area (Å²) in [4.78, 5) is 4.50. The Balaban J connectivity index is 2.20. The molecule has 2 rings (SSSR count). The molecule has 0 aliphatic rings. The topological polar surface area (TPSA) is 57.4 Å². The van der Waals surface area contributed by atoms with E-state index in [1.165, 1.54) is 0 Å². The molecule has 0 spiro atoms. The zero-order chi connectivity index (χ0) is 14.6. The number of methoxy groups -OCH3 is 1. The van der Waals surface area contributed by atoms with Gasteiger partial charge in [-0.15, -0.1) is 0 Å². The van der Waals surface area contributed by atoms with E-state index in [4.69, 9.17) is 15.2 Å². The minimum Gasteiger partial charge on any atom is -0.493 e. The summed E-state index contributed by atoms with van der Waals surface area (Å²) < 4.78 is 11.3. The van der Waals surface area contributed by atoms with Gasteiger partial charge in [-0.2, -0.15) is 0 Å². The molecule has 4 nitrogen and oxygen atoms in total. The van der Waals surface area contributed by atoms with Crippen molar-refractivity contribution in [1.82, 2.24) is 4.98 Å². The summed E-state index contributed by atoms with van der Waals surface area (Å²) >= 11 is 0. The average molecular weight is 274 g/mol. The van der Waals surface area contributed by atoms with E-state index >= 15 is 0 Å². The molecule has 0 unspecified atom stereocenters. The SMILES string of the molecule is COC(C)(C)CCOc1cc(CN)nc2ccccc12. The number of rotatable bonds is 6. The number of para-hydroxylation sites is 1. The molecular weight excluding hydrogens is 252 g/mol. The lowest BCUT2D eigenvalue weighted by Gasteiger charge is -2.23. The lowest BCUT2D eigenvalue weighted by atomic mass is 10.1. The molecule has 4 heteroatoms. The Morgan fingerprint density at radius 3 is 2.70 bits per heavy atom. The fourth-order valence-electron chi connectivity index (χ4n) is 1.93. The average Bonchev–Trinajstić information content (AvgIpc) is 2.46. The van der Waals surface area contributed by atoms with Crippen molar-refractivity contribution in [2.24, 2.45) is 5.73 Å². The standard InChI is InChI=1S/C16H22N2O2/c1-16(2,19-3)8-9-20-15-10-12(11-17)18-14-7-5-4-6-13(14)15/h4-7,10H,8-9,11,17H2,1-3H3. The minimum atomic E-state index is -0.181. The number of aromatic nitrogens is 1. The number of nitrogens with zero attached hydrogens (tertiary/aromatic N) is 1. The summed E-state index contributed by atoms with van der Waals surface area (Å²) in [5.74, 6) is 0.836. The van der Waals surface area contributed by atoms with Crippen LogP contribution in [0, 0.1) is 0 Å². The molecule has 0 fully saturated rings. The molecule has 0 saturated heterocycles. The van der Waals surface area contributed by atoms with Crippen LogP contribution in [0.15, 0.2) is 30.3 Å². The molecule has 2 N–H and O–H groups in total. The van der Waals surface area contributed by atoms with E-state index in [2.05, 4.69) is 4.98 Å². The number of hydrogen-bond donors (Lipinski definition) is 1. The van der Waals surface area contributed by atoms with Gasteiger partial charge in [-0.25, -0.2) is 0 Å². The first-order valence-electron chi connectivity index (χ1n) is 6.82. The Kier molecular flexibility index (Phi) is 4.57. The van der Waals surface area contributed by atoms with Crippen molar-refractivity contribution in [3.05, 3.63) is 36.0 Å². The van der Waals surface area contributed by atoms with Crippen LogP contribution in [-0.2, 0) is 11.3 Å². The van der Waals surface area contributed by atoms with Gasteiger partial charge in [-0.1, -0.05) is 12.1 Å². The number of ether oxygens (including phenoxy) is 2. The smallest absolute Gasteiger partial charge is 0.130 e. The van der Waals surface area contributed by atoms with Crippen molar-refractivity contribution in [2.45, 2.75) is 32.4 Å². The fourth-order valence-corrected chi connectivity index (χ4v) is 1.93. The van der Waals surface area contributed by atoms with E-state index in [0.29, 0.717) is 13.2 Å². The van der Waals surface area contributed by atoms with E-state index < -0.39 is 0 Å². The fraction of sp³-hybridized carbons (Fsp3) is 0.438. The number of fused-ring (bicyclic) bond motifs is 1. The Bertz CT molecular complexity index is 582.